The highest BCUT2D eigenvalue weighted by Crippen LogP contribution is 2.26. The van der Waals surface area contributed by atoms with Gasteiger partial charge in [-0.15, -0.1) is 0 Å². The molecule has 0 amide bonds. The predicted octanol–water partition coefficient (Wildman–Crippen LogP) is 2.93. The summed E-state index contributed by atoms with van der Waals surface area (Å²) in [6.07, 6.45) is 1.88. The van der Waals surface area contributed by atoms with Crippen molar-refractivity contribution < 1.29 is 4.74 Å². The lowest BCUT2D eigenvalue weighted by Crippen LogP contribution is -2.47. The van der Waals surface area contributed by atoms with Gasteiger partial charge in [0.25, 0.3) is 0 Å². The maximum Gasteiger partial charge on any atom is 0.191 e. The van der Waals surface area contributed by atoms with E-state index in [2.05, 4.69) is 47.6 Å². The van der Waals surface area contributed by atoms with E-state index in [4.69, 9.17) is 21.3 Å². The molecule has 8 heteroatoms. The lowest BCUT2D eigenvalue weighted by Gasteiger charge is -2.27. The number of guanidine groups is 1. The molecule has 0 spiro atoms. The van der Waals surface area contributed by atoms with Gasteiger partial charge in [-0.1, -0.05) is 37.6 Å². The molecule has 0 fully saturated rings. The largest absolute Gasteiger partial charge is 0.377 e. The van der Waals surface area contributed by atoms with Crippen LogP contribution in [-0.2, 0) is 29.7 Å². The summed E-state index contributed by atoms with van der Waals surface area (Å²) in [5.41, 5.74) is 1.06. The number of aromatic nitrogens is 3. The van der Waals surface area contributed by atoms with Crippen LogP contribution in [0, 0.1) is 0 Å². The second-order valence-electron chi connectivity index (χ2n) is 8.03. The maximum atomic E-state index is 6.17. The number of rotatable bonds is 7. The molecule has 2 aromatic rings. The molecular formula is C21H31ClN6O. The molecule has 2 N–H and O–H groups in total. The highest BCUT2D eigenvalue weighted by atomic mass is 35.5. The Morgan fingerprint density at radius 2 is 2.24 bits per heavy atom. The van der Waals surface area contributed by atoms with Gasteiger partial charge in [0.1, 0.15) is 12.4 Å². The van der Waals surface area contributed by atoms with Crippen molar-refractivity contribution in [1.82, 2.24) is 25.4 Å². The molecule has 1 aliphatic rings. The molecule has 0 saturated carbocycles. The van der Waals surface area contributed by atoms with Crippen LogP contribution in [-0.4, -0.2) is 47.0 Å². The lowest BCUT2D eigenvalue weighted by molar-refractivity contribution is 0.177. The number of benzene rings is 1. The van der Waals surface area contributed by atoms with E-state index < -0.39 is 0 Å². The zero-order chi connectivity index (χ0) is 20.9. The van der Waals surface area contributed by atoms with Gasteiger partial charge in [-0.3, -0.25) is 4.99 Å². The first-order valence-electron chi connectivity index (χ1n) is 10.1. The van der Waals surface area contributed by atoms with Crippen molar-refractivity contribution in [2.75, 3.05) is 20.2 Å². The monoisotopic (exact) mass is 418 g/mol. The summed E-state index contributed by atoms with van der Waals surface area (Å²) in [5.74, 6) is 2.60. The van der Waals surface area contributed by atoms with Gasteiger partial charge >= 0.3 is 0 Å². The first-order chi connectivity index (χ1) is 13.9. The standard InChI is InChI=1S/C21H31ClN6O/c1-5-23-20(24-14-21(2,3)15-7-6-8-16(22)11-15)25-17-9-10-19-26-18(13-29-4)27-28(19)12-17/h6-8,11,17H,5,9-10,12-14H2,1-4H3,(H2,23,24,25). The number of methoxy groups -OCH3 is 1. The van der Waals surface area contributed by atoms with Crippen molar-refractivity contribution in [3.8, 4) is 0 Å². The van der Waals surface area contributed by atoms with Gasteiger partial charge in [0.15, 0.2) is 11.8 Å². The Kier molecular flexibility index (Phi) is 7.14. The molecule has 2 heterocycles. The number of fused-ring (bicyclic) bond motifs is 1. The molecule has 3 rings (SSSR count). The SMILES string of the molecule is CCNC(=NCC(C)(C)c1cccc(Cl)c1)NC1CCc2nc(COC)nn2C1. The summed E-state index contributed by atoms with van der Waals surface area (Å²) >= 11 is 6.17. The van der Waals surface area contributed by atoms with Crippen molar-refractivity contribution in [3.63, 3.8) is 0 Å². The maximum absolute atomic E-state index is 6.17. The van der Waals surface area contributed by atoms with Crippen LogP contribution in [0.2, 0.25) is 5.02 Å². The Bertz CT molecular complexity index is 847. The Balaban J connectivity index is 1.66. The van der Waals surface area contributed by atoms with E-state index in [0.717, 1.165) is 48.6 Å². The number of aliphatic imine (C=N–C) groups is 1. The Morgan fingerprint density at radius 1 is 1.41 bits per heavy atom. The van der Waals surface area contributed by atoms with Crippen LogP contribution in [0.5, 0.6) is 0 Å². The summed E-state index contributed by atoms with van der Waals surface area (Å²) in [6, 6.07) is 8.26. The van der Waals surface area contributed by atoms with Gasteiger partial charge < -0.3 is 15.4 Å². The fourth-order valence-electron chi connectivity index (χ4n) is 3.46. The molecule has 1 aliphatic heterocycles. The van der Waals surface area contributed by atoms with Crippen molar-refractivity contribution in [1.29, 1.82) is 0 Å². The van der Waals surface area contributed by atoms with E-state index >= 15 is 0 Å². The van der Waals surface area contributed by atoms with E-state index in [9.17, 15) is 0 Å². The average Bonchev–Trinajstić information content (AvgIpc) is 3.08. The van der Waals surface area contributed by atoms with Crippen molar-refractivity contribution in [2.45, 2.75) is 58.2 Å². The predicted molar refractivity (Wildman–Crippen MR) is 116 cm³/mol. The third-order valence-corrected chi connectivity index (χ3v) is 5.33. The molecule has 1 aromatic carbocycles. The van der Waals surface area contributed by atoms with Crippen LogP contribution >= 0.6 is 11.6 Å². The minimum atomic E-state index is -0.117. The third kappa shape index (κ3) is 5.70. The number of aryl methyl sites for hydroxylation is 1. The zero-order valence-electron chi connectivity index (χ0n) is 17.7. The van der Waals surface area contributed by atoms with Gasteiger partial charge in [-0.05, 0) is 31.0 Å². The number of ether oxygens (including phenoxy) is 1. The van der Waals surface area contributed by atoms with E-state index in [1.54, 1.807) is 7.11 Å². The molecule has 1 atom stereocenters. The van der Waals surface area contributed by atoms with Gasteiger partial charge in [0.05, 0.1) is 13.1 Å². The summed E-state index contributed by atoms with van der Waals surface area (Å²) in [6.45, 7) is 9.13. The van der Waals surface area contributed by atoms with E-state index in [0.29, 0.717) is 13.2 Å². The molecule has 1 unspecified atom stereocenters. The normalized spacial score (nSPS) is 17.1. The number of halogens is 1. The fraction of sp³-hybridized carbons (Fsp3) is 0.571. The molecule has 0 saturated heterocycles. The summed E-state index contributed by atoms with van der Waals surface area (Å²) < 4.78 is 7.13. The quantitative estimate of drug-likeness (QED) is 0.534. The van der Waals surface area contributed by atoms with Crippen molar-refractivity contribution >= 4 is 17.6 Å². The minimum Gasteiger partial charge on any atom is -0.377 e. The number of hydrogen-bond donors (Lipinski definition) is 2. The van der Waals surface area contributed by atoms with E-state index in [1.807, 2.05) is 22.9 Å². The Labute approximate surface area is 177 Å². The van der Waals surface area contributed by atoms with Crippen LogP contribution < -0.4 is 10.6 Å². The molecule has 0 radical (unpaired) electrons. The van der Waals surface area contributed by atoms with Crippen molar-refractivity contribution in [3.05, 3.63) is 46.5 Å². The summed E-state index contributed by atoms with van der Waals surface area (Å²) in [5, 5.41) is 12.2. The third-order valence-electron chi connectivity index (χ3n) is 5.10. The molecule has 0 aliphatic carbocycles. The lowest BCUT2D eigenvalue weighted by atomic mass is 9.85. The van der Waals surface area contributed by atoms with Gasteiger partial charge in [0.2, 0.25) is 0 Å². The Morgan fingerprint density at radius 3 is 2.97 bits per heavy atom. The fourth-order valence-corrected chi connectivity index (χ4v) is 3.65. The van der Waals surface area contributed by atoms with Crippen molar-refractivity contribution in [2.24, 2.45) is 4.99 Å². The second kappa shape index (κ2) is 9.59. The summed E-state index contributed by atoms with van der Waals surface area (Å²) in [7, 11) is 1.66. The second-order valence-corrected chi connectivity index (χ2v) is 8.47. The molecule has 158 valence electrons. The van der Waals surface area contributed by atoms with E-state index in [-0.39, 0.29) is 11.5 Å². The first kappa shape index (κ1) is 21.6. The van der Waals surface area contributed by atoms with Crippen LogP contribution in [0.3, 0.4) is 0 Å². The molecule has 29 heavy (non-hydrogen) atoms. The van der Waals surface area contributed by atoms with Gasteiger partial charge in [-0.2, -0.15) is 5.10 Å². The van der Waals surface area contributed by atoms with Gasteiger partial charge in [0, 0.05) is 36.6 Å². The highest BCUT2D eigenvalue weighted by molar-refractivity contribution is 6.30. The molecule has 0 bridgehead atoms. The van der Waals surface area contributed by atoms with Crippen LogP contribution in [0.1, 0.15) is 44.4 Å². The number of nitrogens with zero attached hydrogens (tertiary/aromatic N) is 4. The molecule has 7 nitrogen and oxygen atoms in total. The zero-order valence-corrected chi connectivity index (χ0v) is 18.5. The average molecular weight is 419 g/mol. The van der Waals surface area contributed by atoms with Crippen LogP contribution in [0.25, 0.3) is 0 Å². The molecule has 1 aromatic heterocycles. The smallest absolute Gasteiger partial charge is 0.191 e. The number of nitrogens with one attached hydrogen (secondary N) is 2. The number of hydrogen-bond acceptors (Lipinski definition) is 4. The Hall–Kier alpha value is -2.12. The van der Waals surface area contributed by atoms with Gasteiger partial charge in [-0.25, -0.2) is 9.67 Å². The molecular weight excluding hydrogens is 388 g/mol. The topological polar surface area (TPSA) is 76.4 Å². The first-order valence-corrected chi connectivity index (χ1v) is 10.5. The van der Waals surface area contributed by atoms with Crippen LogP contribution in [0.15, 0.2) is 29.3 Å². The summed E-state index contributed by atoms with van der Waals surface area (Å²) in [4.78, 5) is 9.40. The minimum absolute atomic E-state index is 0.117. The highest BCUT2D eigenvalue weighted by Gasteiger charge is 2.24. The van der Waals surface area contributed by atoms with Crippen LogP contribution in [0.4, 0.5) is 0 Å². The van der Waals surface area contributed by atoms with E-state index in [1.165, 1.54) is 5.56 Å².